The second-order valence-corrected chi connectivity index (χ2v) is 12.6. The second kappa shape index (κ2) is 10.2. The van der Waals surface area contributed by atoms with E-state index >= 15 is 0 Å². The van der Waals surface area contributed by atoms with Crippen LogP contribution in [0.3, 0.4) is 0 Å². The van der Waals surface area contributed by atoms with Crippen LogP contribution in [0.2, 0.25) is 0 Å². The smallest absolute Gasteiger partial charge is 0.253 e. The maximum atomic E-state index is 12.7. The molecule has 7 heterocycles. The Hall–Kier alpha value is -4.84. The predicted octanol–water partition coefficient (Wildman–Crippen LogP) is 3.48. The van der Waals surface area contributed by atoms with Gasteiger partial charge < -0.3 is 10.2 Å². The van der Waals surface area contributed by atoms with Crippen LogP contribution < -0.4 is 10.2 Å². The third-order valence-electron chi connectivity index (χ3n) is 7.84. The largest absolute Gasteiger partial charge is 0.346 e. The molecule has 2 atom stereocenters. The molecule has 5 aromatic rings. The molecule has 0 spiro atoms. The Kier molecular flexibility index (Phi) is 6.34. The minimum Gasteiger partial charge on any atom is -0.346 e. The standard InChI is InChI=1S/C30H26N8O3S/c1-42(40,41)22-9-19(12-31-15-22)30(39)34-14-20-10-26-18(13-33-20)5-7-25(36-26)24-3-2-4-29(37-24)38-21-6-8-28(38)23-16-32-17-35-27(23)11-21/h2-5,7,9-10,12-13,15-17,21,28H,6,8,11,14H2,1H3,(H,34,39). The number of amides is 1. The number of pyridine rings is 4. The van der Waals surface area contributed by atoms with Crippen molar-refractivity contribution in [1.82, 2.24) is 35.2 Å². The van der Waals surface area contributed by atoms with Gasteiger partial charge in [-0.05, 0) is 49.2 Å². The Morgan fingerprint density at radius 2 is 1.86 bits per heavy atom. The van der Waals surface area contributed by atoms with Crippen molar-refractivity contribution in [3.8, 4) is 11.4 Å². The fourth-order valence-electron chi connectivity index (χ4n) is 5.80. The van der Waals surface area contributed by atoms with Gasteiger partial charge in [-0.2, -0.15) is 0 Å². The maximum absolute atomic E-state index is 12.7. The molecule has 0 radical (unpaired) electrons. The van der Waals surface area contributed by atoms with Crippen molar-refractivity contribution in [2.24, 2.45) is 0 Å². The fourth-order valence-corrected chi connectivity index (χ4v) is 6.39. The predicted molar refractivity (Wildman–Crippen MR) is 155 cm³/mol. The van der Waals surface area contributed by atoms with Gasteiger partial charge in [0.05, 0.1) is 51.3 Å². The van der Waals surface area contributed by atoms with Gasteiger partial charge in [0.1, 0.15) is 12.1 Å². The molecule has 11 nitrogen and oxygen atoms in total. The highest BCUT2D eigenvalue weighted by molar-refractivity contribution is 7.90. The van der Waals surface area contributed by atoms with Crippen LogP contribution >= 0.6 is 0 Å². The summed E-state index contributed by atoms with van der Waals surface area (Å²) in [4.78, 5) is 42.1. The highest BCUT2D eigenvalue weighted by atomic mass is 32.2. The van der Waals surface area contributed by atoms with Gasteiger partial charge in [-0.25, -0.2) is 28.4 Å². The van der Waals surface area contributed by atoms with Gasteiger partial charge in [-0.1, -0.05) is 6.07 Å². The van der Waals surface area contributed by atoms with E-state index in [2.05, 4.69) is 36.2 Å². The highest BCUT2D eigenvalue weighted by Crippen LogP contribution is 2.45. The van der Waals surface area contributed by atoms with E-state index in [0.717, 1.165) is 59.3 Å². The maximum Gasteiger partial charge on any atom is 0.253 e. The van der Waals surface area contributed by atoms with Crippen LogP contribution in [-0.4, -0.2) is 56.5 Å². The summed E-state index contributed by atoms with van der Waals surface area (Å²) in [6.07, 6.45) is 11.9. The first kappa shape index (κ1) is 26.1. The van der Waals surface area contributed by atoms with E-state index in [1.165, 1.54) is 24.0 Å². The summed E-state index contributed by atoms with van der Waals surface area (Å²) in [5.41, 5.74) is 5.33. The topological polar surface area (TPSA) is 144 Å². The van der Waals surface area contributed by atoms with Crippen LogP contribution in [-0.2, 0) is 22.8 Å². The van der Waals surface area contributed by atoms with Crippen molar-refractivity contribution in [1.29, 1.82) is 0 Å². The summed E-state index contributed by atoms with van der Waals surface area (Å²) < 4.78 is 23.6. The number of fused-ring (bicyclic) bond motifs is 5. The minimum atomic E-state index is -3.48. The van der Waals surface area contributed by atoms with Crippen LogP contribution in [0.5, 0.6) is 0 Å². The Morgan fingerprint density at radius 3 is 2.74 bits per heavy atom. The molecule has 2 aliphatic heterocycles. The Balaban J connectivity index is 1.12. The molecule has 210 valence electrons. The first-order valence-corrected chi connectivity index (χ1v) is 15.5. The number of hydrogen-bond acceptors (Lipinski definition) is 10. The lowest BCUT2D eigenvalue weighted by molar-refractivity contribution is 0.0950. The summed E-state index contributed by atoms with van der Waals surface area (Å²) in [5.74, 6) is 0.474. The Labute approximate surface area is 242 Å². The van der Waals surface area contributed by atoms with E-state index in [1.54, 1.807) is 12.5 Å². The molecule has 0 aromatic carbocycles. The first-order valence-electron chi connectivity index (χ1n) is 13.6. The monoisotopic (exact) mass is 578 g/mol. The molecule has 5 aromatic heterocycles. The molecule has 12 heteroatoms. The van der Waals surface area contributed by atoms with E-state index in [0.29, 0.717) is 11.7 Å². The van der Waals surface area contributed by atoms with Gasteiger partial charge in [0.25, 0.3) is 5.91 Å². The average Bonchev–Trinajstić information content (AvgIpc) is 3.33. The molecular formula is C30H26N8O3S. The third kappa shape index (κ3) is 4.83. The zero-order valence-corrected chi connectivity index (χ0v) is 23.5. The lowest BCUT2D eigenvalue weighted by Crippen LogP contribution is -2.38. The molecule has 1 fully saturated rings. The van der Waals surface area contributed by atoms with Crippen LogP contribution in [0, 0.1) is 0 Å². The van der Waals surface area contributed by atoms with E-state index in [-0.39, 0.29) is 23.0 Å². The lowest BCUT2D eigenvalue weighted by Gasteiger charge is -2.36. The molecule has 2 bridgehead atoms. The van der Waals surface area contributed by atoms with Crippen LogP contribution in [0.25, 0.3) is 22.3 Å². The minimum absolute atomic E-state index is 0.0137. The number of nitrogens with zero attached hydrogens (tertiary/aromatic N) is 7. The molecule has 0 aliphatic carbocycles. The molecule has 1 amide bonds. The van der Waals surface area contributed by atoms with E-state index in [1.807, 2.05) is 36.5 Å². The lowest BCUT2D eigenvalue weighted by atomic mass is 9.99. The van der Waals surface area contributed by atoms with Crippen molar-refractivity contribution in [3.05, 3.63) is 96.1 Å². The van der Waals surface area contributed by atoms with Gasteiger partial charge in [0, 0.05) is 54.5 Å². The number of sulfone groups is 1. The van der Waals surface area contributed by atoms with Crippen molar-refractivity contribution < 1.29 is 13.2 Å². The van der Waals surface area contributed by atoms with Crippen LogP contribution in [0.4, 0.5) is 5.82 Å². The molecule has 42 heavy (non-hydrogen) atoms. The zero-order chi connectivity index (χ0) is 28.8. The number of rotatable bonds is 6. The third-order valence-corrected chi connectivity index (χ3v) is 8.92. The zero-order valence-electron chi connectivity index (χ0n) is 22.7. The van der Waals surface area contributed by atoms with Gasteiger partial charge in [0.2, 0.25) is 0 Å². The van der Waals surface area contributed by atoms with E-state index in [9.17, 15) is 13.2 Å². The number of hydrogen-bond donors (Lipinski definition) is 1. The van der Waals surface area contributed by atoms with Crippen LogP contribution in [0.1, 0.15) is 46.2 Å². The SMILES string of the molecule is CS(=O)(=O)c1cncc(C(=O)NCc2cc3nc(-c4cccc(N5C6CCC5c5cncnc5C6)n4)ccc3cn2)c1. The van der Waals surface area contributed by atoms with Gasteiger partial charge >= 0.3 is 0 Å². The van der Waals surface area contributed by atoms with Crippen molar-refractivity contribution in [2.45, 2.75) is 42.8 Å². The van der Waals surface area contributed by atoms with Gasteiger partial charge in [0.15, 0.2) is 9.84 Å². The van der Waals surface area contributed by atoms with Crippen LogP contribution in [0.15, 0.2) is 78.5 Å². The first-order chi connectivity index (χ1) is 20.3. The van der Waals surface area contributed by atoms with Crippen molar-refractivity contribution in [2.75, 3.05) is 11.2 Å². The van der Waals surface area contributed by atoms with Gasteiger partial charge in [-0.15, -0.1) is 0 Å². The molecule has 1 N–H and O–H groups in total. The molecule has 7 rings (SSSR count). The fraction of sp³-hybridized carbons (Fsp3) is 0.233. The molecular weight excluding hydrogens is 552 g/mol. The summed E-state index contributed by atoms with van der Waals surface area (Å²) in [6, 6.07) is 13.6. The molecule has 0 saturated carbocycles. The number of anilines is 1. The normalized spacial score (nSPS) is 17.7. The highest BCUT2D eigenvalue weighted by Gasteiger charge is 2.41. The Bertz CT molecular complexity index is 1970. The van der Waals surface area contributed by atoms with Gasteiger partial charge in [-0.3, -0.25) is 14.8 Å². The summed E-state index contributed by atoms with van der Waals surface area (Å²) in [7, 11) is -3.48. The number of aromatic nitrogens is 6. The number of carbonyl (C=O) groups is 1. The Morgan fingerprint density at radius 1 is 0.976 bits per heavy atom. The summed E-state index contributed by atoms with van der Waals surface area (Å²) in [5, 5.41) is 3.64. The summed E-state index contributed by atoms with van der Waals surface area (Å²) >= 11 is 0. The quantitative estimate of drug-likeness (QED) is 0.318. The molecule has 2 unspecified atom stereocenters. The molecule has 1 saturated heterocycles. The van der Waals surface area contributed by atoms with Crippen molar-refractivity contribution in [3.63, 3.8) is 0 Å². The van der Waals surface area contributed by atoms with E-state index < -0.39 is 15.7 Å². The summed E-state index contributed by atoms with van der Waals surface area (Å²) in [6.45, 7) is 0.139. The second-order valence-electron chi connectivity index (χ2n) is 10.6. The number of carbonyl (C=O) groups excluding carboxylic acids is 1. The average molecular weight is 579 g/mol. The van der Waals surface area contributed by atoms with Crippen molar-refractivity contribution >= 4 is 32.5 Å². The number of nitrogens with one attached hydrogen (secondary N) is 1. The van der Waals surface area contributed by atoms with E-state index in [4.69, 9.17) is 9.97 Å². The molecule has 2 aliphatic rings.